The predicted octanol–water partition coefficient (Wildman–Crippen LogP) is 2.65. The predicted molar refractivity (Wildman–Crippen MR) is 67.5 cm³/mol. The topological polar surface area (TPSA) is 43.8 Å². The Hall–Kier alpha value is -1.42. The second-order valence-corrected chi connectivity index (χ2v) is 4.57. The summed E-state index contributed by atoms with van der Waals surface area (Å²) >= 11 is 0. The quantitative estimate of drug-likeness (QED) is 0.885. The van der Waals surface area contributed by atoms with E-state index in [1.165, 1.54) is 6.07 Å². The molecule has 2 N–H and O–H groups in total. The van der Waals surface area contributed by atoms with E-state index in [1.807, 2.05) is 10.7 Å². The van der Waals surface area contributed by atoms with Crippen LogP contribution >= 0.6 is 0 Å². The van der Waals surface area contributed by atoms with Crippen LogP contribution in [0.25, 0.3) is 10.9 Å². The van der Waals surface area contributed by atoms with Gasteiger partial charge in [0, 0.05) is 11.9 Å². The molecule has 0 aliphatic heterocycles. The summed E-state index contributed by atoms with van der Waals surface area (Å²) in [6, 6.07) is 4.85. The lowest BCUT2D eigenvalue weighted by Gasteiger charge is -2.01. The fourth-order valence-corrected chi connectivity index (χ4v) is 2.01. The number of nitrogens with two attached hydrogens (primary N) is 1. The highest BCUT2D eigenvalue weighted by atomic mass is 19.1. The van der Waals surface area contributed by atoms with Gasteiger partial charge in [0.15, 0.2) is 0 Å². The van der Waals surface area contributed by atoms with Crippen LogP contribution in [0.2, 0.25) is 0 Å². The molecule has 0 unspecified atom stereocenters. The highest BCUT2D eigenvalue weighted by Gasteiger charge is 2.13. The van der Waals surface area contributed by atoms with Crippen molar-refractivity contribution in [1.82, 2.24) is 9.78 Å². The number of hydrogen-bond donors (Lipinski definition) is 1. The van der Waals surface area contributed by atoms with Crippen molar-refractivity contribution in [2.24, 2.45) is 5.73 Å². The van der Waals surface area contributed by atoms with Crippen LogP contribution in [0.1, 0.15) is 31.9 Å². The zero-order chi connectivity index (χ0) is 12.4. The molecule has 4 heteroatoms. The van der Waals surface area contributed by atoms with Gasteiger partial charge in [-0.1, -0.05) is 13.8 Å². The van der Waals surface area contributed by atoms with Crippen molar-refractivity contribution in [1.29, 1.82) is 0 Å². The standard InChI is InChI=1S/C13H18FN3/c1-9(2)13-11-5-4-10(14)8-12(11)17(16-13)7-3-6-15/h4-5,8-9H,3,6-7,15H2,1-2H3. The third kappa shape index (κ3) is 2.31. The molecule has 0 radical (unpaired) electrons. The molecule has 1 heterocycles. The van der Waals surface area contributed by atoms with Crippen LogP contribution in [-0.2, 0) is 6.54 Å². The maximum Gasteiger partial charge on any atom is 0.125 e. The molecule has 0 spiro atoms. The largest absolute Gasteiger partial charge is 0.330 e. The highest BCUT2D eigenvalue weighted by Crippen LogP contribution is 2.25. The van der Waals surface area contributed by atoms with Gasteiger partial charge in [0.2, 0.25) is 0 Å². The SMILES string of the molecule is CC(C)c1nn(CCCN)c2cc(F)ccc12. The van der Waals surface area contributed by atoms with E-state index >= 15 is 0 Å². The van der Waals surface area contributed by atoms with E-state index in [9.17, 15) is 4.39 Å². The van der Waals surface area contributed by atoms with Crippen LogP contribution in [0, 0.1) is 5.82 Å². The second-order valence-electron chi connectivity index (χ2n) is 4.57. The second kappa shape index (κ2) is 4.84. The Labute approximate surface area is 100 Å². The smallest absolute Gasteiger partial charge is 0.125 e. The Kier molecular flexibility index (Phi) is 3.43. The van der Waals surface area contributed by atoms with E-state index in [-0.39, 0.29) is 5.82 Å². The maximum absolute atomic E-state index is 13.3. The Balaban J connectivity index is 2.54. The molecule has 2 rings (SSSR count). The molecule has 3 nitrogen and oxygen atoms in total. The van der Waals surface area contributed by atoms with Crippen LogP contribution < -0.4 is 5.73 Å². The van der Waals surface area contributed by atoms with Crippen molar-refractivity contribution in [3.05, 3.63) is 29.7 Å². The van der Waals surface area contributed by atoms with Crippen molar-refractivity contribution >= 4 is 10.9 Å². The first kappa shape index (κ1) is 12.0. The number of halogens is 1. The molecule has 0 amide bonds. The minimum atomic E-state index is -0.221. The van der Waals surface area contributed by atoms with Gasteiger partial charge >= 0.3 is 0 Å². The number of hydrogen-bond acceptors (Lipinski definition) is 2. The molecule has 92 valence electrons. The number of rotatable bonds is 4. The molecule has 1 aromatic heterocycles. The summed E-state index contributed by atoms with van der Waals surface area (Å²) in [4.78, 5) is 0. The average molecular weight is 235 g/mol. The molecule has 0 aliphatic carbocycles. The minimum absolute atomic E-state index is 0.221. The van der Waals surface area contributed by atoms with Gasteiger partial charge in [0.1, 0.15) is 5.82 Å². The fraction of sp³-hybridized carbons (Fsp3) is 0.462. The third-order valence-electron chi connectivity index (χ3n) is 2.86. The van der Waals surface area contributed by atoms with Gasteiger partial charge in [-0.2, -0.15) is 5.10 Å². The molecule has 0 aliphatic rings. The lowest BCUT2D eigenvalue weighted by atomic mass is 10.1. The Morgan fingerprint density at radius 2 is 2.18 bits per heavy atom. The van der Waals surface area contributed by atoms with Crippen LogP contribution in [0.3, 0.4) is 0 Å². The maximum atomic E-state index is 13.3. The lowest BCUT2D eigenvalue weighted by Crippen LogP contribution is -2.07. The molecular weight excluding hydrogens is 217 g/mol. The van der Waals surface area contributed by atoms with Gasteiger partial charge in [-0.05, 0) is 37.1 Å². The monoisotopic (exact) mass is 235 g/mol. The summed E-state index contributed by atoms with van der Waals surface area (Å²) in [7, 11) is 0. The van der Waals surface area contributed by atoms with Crippen LogP contribution in [0.4, 0.5) is 4.39 Å². The Morgan fingerprint density at radius 3 is 2.82 bits per heavy atom. The molecule has 0 bridgehead atoms. The minimum Gasteiger partial charge on any atom is -0.330 e. The molecule has 0 fully saturated rings. The molecular formula is C13H18FN3. The summed E-state index contributed by atoms with van der Waals surface area (Å²) in [5, 5.41) is 5.60. The summed E-state index contributed by atoms with van der Waals surface area (Å²) in [6.45, 7) is 5.55. The van der Waals surface area contributed by atoms with Gasteiger partial charge in [-0.25, -0.2) is 4.39 Å². The van der Waals surface area contributed by atoms with Crippen molar-refractivity contribution in [2.75, 3.05) is 6.54 Å². The van der Waals surface area contributed by atoms with Crippen LogP contribution in [-0.4, -0.2) is 16.3 Å². The van der Waals surface area contributed by atoms with E-state index < -0.39 is 0 Å². The first-order valence-electron chi connectivity index (χ1n) is 5.99. The number of nitrogens with zero attached hydrogens (tertiary/aromatic N) is 2. The number of aromatic nitrogens is 2. The summed E-state index contributed by atoms with van der Waals surface area (Å²) in [6.07, 6.45) is 0.852. The molecule has 0 saturated heterocycles. The Bertz CT molecular complexity index is 517. The van der Waals surface area contributed by atoms with Crippen molar-refractivity contribution < 1.29 is 4.39 Å². The zero-order valence-corrected chi connectivity index (χ0v) is 10.3. The normalized spacial score (nSPS) is 11.6. The van der Waals surface area contributed by atoms with E-state index in [4.69, 9.17) is 5.73 Å². The molecule has 0 atom stereocenters. The number of aryl methyl sites for hydroxylation is 1. The highest BCUT2D eigenvalue weighted by molar-refractivity contribution is 5.82. The molecule has 1 aromatic carbocycles. The Morgan fingerprint density at radius 1 is 1.41 bits per heavy atom. The van der Waals surface area contributed by atoms with Crippen molar-refractivity contribution in [3.8, 4) is 0 Å². The number of benzene rings is 1. The molecule has 17 heavy (non-hydrogen) atoms. The fourth-order valence-electron chi connectivity index (χ4n) is 2.01. The first-order chi connectivity index (χ1) is 8.13. The zero-order valence-electron chi connectivity index (χ0n) is 10.3. The summed E-state index contributed by atoms with van der Waals surface area (Å²) in [5.41, 5.74) is 7.39. The van der Waals surface area contributed by atoms with Crippen LogP contribution in [0.5, 0.6) is 0 Å². The average Bonchev–Trinajstić information content (AvgIpc) is 2.64. The third-order valence-corrected chi connectivity index (χ3v) is 2.86. The molecule has 2 aromatic rings. The number of fused-ring (bicyclic) bond motifs is 1. The summed E-state index contributed by atoms with van der Waals surface area (Å²) in [5.74, 6) is 0.115. The van der Waals surface area contributed by atoms with Gasteiger partial charge in [0.25, 0.3) is 0 Å². The van der Waals surface area contributed by atoms with E-state index in [2.05, 4.69) is 18.9 Å². The van der Waals surface area contributed by atoms with E-state index in [0.717, 1.165) is 29.6 Å². The van der Waals surface area contributed by atoms with Crippen molar-refractivity contribution in [2.45, 2.75) is 32.7 Å². The lowest BCUT2D eigenvalue weighted by molar-refractivity contribution is 0.585. The van der Waals surface area contributed by atoms with Gasteiger partial charge in [0.05, 0.1) is 11.2 Å². The van der Waals surface area contributed by atoms with Crippen LogP contribution in [0.15, 0.2) is 18.2 Å². The summed E-state index contributed by atoms with van der Waals surface area (Å²) < 4.78 is 15.1. The van der Waals surface area contributed by atoms with Gasteiger partial charge in [-0.15, -0.1) is 0 Å². The molecule has 0 saturated carbocycles. The van der Waals surface area contributed by atoms with E-state index in [0.29, 0.717) is 12.5 Å². The van der Waals surface area contributed by atoms with E-state index in [1.54, 1.807) is 6.07 Å². The van der Waals surface area contributed by atoms with Gasteiger partial charge < -0.3 is 5.73 Å². The first-order valence-corrected chi connectivity index (χ1v) is 5.99. The van der Waals surface area contributed by atoms with Gasteiger partial charge in [-0.3, -0.25) is 4.68 Å². The van der Waals surface area contributed by atoms with Crippen molar-refractivity contribution in [3.63, 3.8) is 0 Å².